The van der Waals surface area contributed by atoms with Crippen molar-refractivity contribution in [2.24, 2.45) is 0 Å². The van der Waals surface area contributed by atoms with Gasteiger partial charge >= 0.3 is 5.97 Å². The van der Waals surface area contributed by atoms with Gasteiger partial charge < -0.3 is 10.0 Å². The number of sulfonamides is 1. The molecular weight excluding hydrogens is 547 g/mol. The van der Waals surface area contributed by atoms with Crippen LogP contribution in [0, 0.1) is 6.92 Å². The number of hydrogen-bond acceptors (Lipinski definition) is 6. The largest absolute Gasteiger partial charge is 0.478 e. The lowest BCUT2D eigenvalue weighted by Crippen LogP contribution is -2.46. The summed E-state index contributed by atoms with van der Waals surface area (Å²) >= 11 is 0. The first kappa shape index (κ1) is 31.7. The molecule has 3 aromatic rings. The number of piperazine rings is 1. The first-order valence-corrected chi connectivity index (χ1v) is 12.5. The first-order chi connectivity index (χ1) is 15.8. The second kappa shape index (κ2) is 13.3. The maximum absolute atomic E-state index is 12.8. The van der Waals surface area contributed by atoms with Gasteiger partial charge in [0.1, 0.15) is 5.82 Å². The molecule has 0 aliphatic carbocycles. The van der Waals surface area contributed by atoms with Crippen LogP contribution in [-0.2, 0) is 10.0 Å². The van der Waals surface area contributed by atoms with Crippen LogP contribution in [0.3, 0.4) is 0 Å². The Morgan fingerprint density at radius 3 is 2.33 bits per heavy atom. The van der Waals surface area contributed by atoms with Crippen LogP contribution in [0.2, 0.25) is 0 Å². The molecule has 2 N–H and O–H groups in total. The molecule has 1 aliphatic rings. The Morgan fingerprint density at radius 1 is 1.03 bits per heavy atom. The molecule has 1 aliphatic heterocycles. The molecule has 2 heterocycles. The van der Waals surface area contributed by atoms with Gasteiger partial charge in [-0.05, 0) is 61.9 Å². The second-order valence-corrected chi connectivity index (χ2v) is 10.00. The molecule has 0 atom stereocenters. The van der Waals surface area contributed by atoms with E-state index in [9.17, 15) is 18.3 Å². The predicted molar refractivity (Wildman–Crippen MR) is 151 cm³/mol. The maximum Gasteiger partial charge on any atom is 0.336 e. The van der Waals surface area contributed by atoms with Crippen LogP contribution < -0.4 is 9.62 Å². The average molecular weight is 578 g/mol. The summed E-state index contributed by atoms with van der Waals surface area (Å²) < 4.78 is 28.1. The van der Waals surface area contributed by atoms with E-state index in [-0.39, 0.29) is 53.4 Å². The van der Waals surface area contributed by atoms with Crippen molar-refractivity contribution in [1.29, 1.82) is 0 Å². The van der Waals surface area contributed by atoms with E-state index in [2.05, 4.69) is 26.4 Å². The number of hydrogen-bond donors (Lipinski definition) is 2. The van der Waals surface area contributed by atoms with Crippen molar-refractivity contribution in [3.05, 3.63) is 59.7 Å². The number of carboxylic acid groups (broad SMARTS) is 1. The molecule has 198 valence electrons. The fourth-order valence-electron chi connectivity index (χ4n) is 4.13. The van der Waals surface area contributed by atoms with Gasteiger partial charge in [0.15, 0.2) is 0 Å². The summed E-state index contributed by atoms with van der Waals surface area (Å²) in [6.45, 7) is 8.43. The molecule has 1 fully saturated rings. The standard InChI is InChI=1S/C24H28N4O4S.3ClH/c1-3-9-27-10-12-28(13-11-27)23-16-21(24(29)30)20-15-18(7-8-22(20)25-23)26-33(31,32)19-6-4-5-17(2)14-19;;;/h4-8,14-16,26H,3,9-13H2,1-2H3,(H,29,30);3*1H. The Kier molecular flexibility index (Phi) is 11.7. The molecule has 2 aromatic carbocycles. The number of benzene rings is 2. The van der Waals surface area contributed by atoms with Crippen molar-refractivity contribution < 1.29 is 18.3 Å². The molecule has 1 aromatic heterocycles. The number of nitrogens with one attached hydrogen (secondary N) is 1. The number of fused-ring (bicyclic) bond motifs is 1. The molecule has 8 nitrogen and oxygen atoms in total. The van der Waals surface area contributed by atoms with Gasteiger partial charge in [-0.1, -0.05) is 19.1 Å². The summed E-state index contributed by atoms with van der Waals surface area (Å²) in [6, 6.07) is 13.0. The Morgan fingerprint density at radius 2 is 1.72 bits per heavy atom. The maximum atomic E-state index is 12.8. The Bertz CT molecular complexity index is 1300. The molecule has 4 rings (SSSR count). The highest BCUT2D eigenvalue weighted by atomic mass is 35.5. The minimum absolute atomic E-state index is 0. The van der Waals surface area contributed by atoms with Crippen LogP contribution in [0.1, 0.15) is 29.3 Å². The van der Waals surface area contributed by atoms with Crippen molar-refractivity contribution in [3.8, 4) is 0 Å². The number of rotatable bonds is 7. The van der Waals surface area contributed by atoms with E-state index in [4.69, 9.17) is 0 Å². The van der Waals surface area contributed by atoms with Gasteiger partial charge in [0, 0.05) is 37.3 Å². The van der Waals surface area contributed by atoms with Gasteiger partial charge in [0.05, 0.1) is 16.0 Å². The quantitative estimate of drug-likeness (QED) is 0.414. The van der Waals surface area contributed by atoms with E-state index in [1.165, 1.54) is 12.1 Å². The summed E-state index contributed by atoms with van der Waals surface area (Å²) in [5.74, 6) is -0.448. The third-order valence-corrected chi connectivity index (χ3v) is 7.19. The predicted octanol–water partition coefficient (Wildman–Crippen LogP) is 4.84. The van der Waals surface area contributed by atoms with E-state index in [1.807, 2.05) is 13.0 Å². The number of anilines is 2. The number of aromatic carboxylic acids is 1. The molecule has 0 unspecified atom stereocenters. The third kappa shape index (κ3) is 7.14. The van der Waals surface area contributed by atoms with Crippen molar-refractivity contribution in [2.45, 2.75) is 25.2 Å². The first-order valence-electron chi connectivity index (χ1n) is 11.0. The fraction of sp³-hybridized carbons (Fsp3) is 0.333. The van der Waals surface area contributed by atoms with Gasteiger partial charge in [-0.2, -0.15) is 0 Å². The zero-order valence-electron chi connectivity index (χ0n) is 20.0. The molecule has 0 saturated carbocycles. The topological polar surface area (TPSA) is 103 Å². The fourth-order valence-corrected chi connectivity index (χ4v) is 5.28. The zero-order chi connectivity index (χ0) is 23.6. The number of aryl methyl sites for hydroxylation is 1. The number of aromatic nitrogens is 1. The van der Waals surface area contributed by atoms with Gasteiger partial charge in [0.25, 0.3) is 10.0 Å². The summed E-state index contributed by atoms with van der Waals surface area (Å²) in [7, 11) is -3.80. The van der Waals surface area contributed by atoms with Gasteiger partial charge in [-0.15, -0.1) is 37.2 Å². The van der Waals surface area contributed by atoms with E-state index < -0.39 is 16.0 Å². The van der Waals surface area contributed by atoms with Gasteiger partial charge in [0.2, 0.25) is 0 Å². The zero-order valence-corrected chi connectivity index (χ0v) is 23.3. The minimum atomic E-state index is -3.80. The molecule has 1 saturated heterocycles. The van der Waals surface area contributed by atoms with Crippen LogP contribution in [0.4, 0.5) is 11.5 Å². The van der Waals surface area contributed by atoms with Crippen molar-refractivity contribution in [2.75, 3.05) is 42.3 Å². The van der Waals surface area contributed by atoms with Crippen molar-refractivity contribution >= 4 is 75.6 Å². The van der Waals surface area contributed by atoms with Crippen molar-refractivity contribution in [1.82, 2.24) is 9.88 Å². The van der Waals surface area contributed by atoms with Crippen LogP contribution in [0.15, 0.2) is 53.4 Å². The van der Waals surface area contributed by atoms with E-state index in [1.54, 1.807) is 30.3 Å². The Hall–Kier alpha value is -2.30. The lowest BCUT2D eigenvalue weighted by Gasteiger charge is -2.35. The smallest absolute Gasteiger partial charge is 0.336 e. The number of carbonyl (C=O) groups is 1. The number of halogens is 3. The lowest BCUT2D eigenvalue weighted by atomic mass is 10.1. The normalized spacial score (nSPS) is 13.8. The van der Waals surface area contributed by atoms with Crippen LogP contribution in [0.25, 0.3) is 10.9 Å². The molecule has 0 radical (unpaired) electrons. The summed E-state index contributed by atoms with van der Waals surface area (Å²) in [6.07, 6.45) is 1.10. The van der Waals surface area contributed by atoms with Gasteiger partial charge in [-0.25, -0.2) is 18.2 Å². The highest BCUT2D eigenvalue weighted by molar-refractivity contribution is 7.92. The second-order valence-electron chi connectivity index (χ2n) is 8.32. The summed E-state index contributed by atoms with van der Waals surface area (Å²) in [5, 5.41) is 10.2. The monoisotopic (exact) mass is 576 g/mol. The lowest BCUT2D eigenvalue weighted by molar-refractivity contribution is 0.0699. The summed E-state index contributed by atoms with van der Waals surface area (Å²) in [4.78, 5) is 21.4. The SMILES string of the molecule is CCCN1CCN(c2cc(C(=O)O)c3cc(NS(=O)(=O)c4cccc(C)c4)ccc3n2)CC1.Cl.Cl.Cl. The third-order valence-electron chi connectivity index (χ3n) is 5.81. The van der Waals surface area contributed by atoms with Crippen molar-refractivity contribution in [3.63, 3.8) is 0 Å². The van der Waals surface area contributed by atoms with Crippen LogP contribution in [-0.4, -0.2) is 62.1 Å². The molecule has 0 amide bonds. The van der Waals surface area contributed by atoms with Crippen LogP contribution in [0.5, 0.6) is 0 Å². The van der Waals surface area contributed by atoms with E-state index in [0.717, 1.165) is 44.7 Å². The Balaban J connectivity index is 0.00000216. The molecular formula is C24H31Cl3N4O4S. The van der Waals surface area contributed by atoms with E-state index in [0.29, 0.717) is 16.7 Å². The molecule has 0 spiro atoms. The van der Waals surface area contributed by atoms with Crippen LogP contribution >= 0.6 is 37.2 Å². The number of nitrogens with zero attached hydrogens (tertiary/aromatic N) is 3. The minimum Gasteiger partial charge on any atom is -0.478 e. The summed E-state index contributed by atoms with van der Waals surface area (Å²) in [5.41, 5.74) is 1.73. The highest BCUT2D eigenvalue weighted by Crippen LogP contribution is 2.28. The molecule has 12 heteroatoms. The van der Waals surface area contributed by atoms with E-state index >= 15 is 0 Å². The Labute approximate surface area is 230 Å². The number of carboxylic acids is 1. The average Bonchev–Trinajstić information content (AvgIpc) is 2.79. The molecule has 0 bridgehead atoms. The van der Waals surface area contributed by atoms with Gasteiger partial charge in [-0.3, -0.25) is 9.62 Å². The highest BCUT2D eigenvalue weighted by Gasteiger charge is 2.21. The number of pyridine rings is 1. The molecule has 36 heavy (non-hydrogen) atoms.